The van der Waals surface area contributed by atoms with E-state index < -0.39 is 0 Å². The molecule has 0 aromatic carbocycles. The molecule has 1 aromatic heterocycles. The van der Waals surface area contributed by atoms with Crippen LogP contribution in [0.2, 0.25) is 0 Å². The molecule has 0 fully saturated rings. The van der Waals surface area contributed by atoms with E-state index in [2.05, 4.69) is 51.7 Å². The first-order valence-electron chi connectivity index (χ1n) is 5.13. The standard InChI is InChI=1S/C11H15N2Se2/c1-3-12-5-7-14-10(12)9-11-13(4-2)6-8-15-11/h5-9H,3-4H2,1-2H3/q+1. The molecule has 0 radical (unpaired) electrons. The topological polar surface area (TPSA) is 7.12 Å². The summed E-state index contributed by atoms with van der Waals surface area (Å²) in [6, 6.07) is 0. The number of aryl methyl sites for hydroxylation is 1. The first-order chi connectivity index (χ1) is 7.35. The average molecular weight is 333 g/mol. The van der Waals surface area contributed by atoms with Crippen molar-refractivity contribution in [2.24, 2.45) is 0 Å². The molecule has 2 heterocycles. The first-order valence-corrected chi connectivity index (χ1v) is 8.83. The summed E-state index contributed by atoms with van der Waals surface area (Å²) in [6.07, 6.45) is 6.84. The molecule has 0 spiro atoms. The van der Waals surface area contributed by atoms with Crippen LogP contribution in [0.3, 0.4) is 0 Å². The number of hydrogen-bond donors (Lipinski definition) is 0. The van der Waals surface area contributed by atoms with Crippen LogP contribution in [0.25, 0.3) is 6.08 Å². The molecule has 2 rings (SSSR count). The molecule has 2 nitrogen and oxygen atoms in total. The van der Waals surface area contributed by atoms with E-state index in [1.54, 1.807) is 0 Å². The maximum absolute atomic E-state index is 2.40. The maximum atomic E-state index is 2.40. The van der Waals surface area contributed by atoms with E-state index in [1.807, 2.05) is 0 Å². The van der Waals surface area contributed by atoms with Crippen molar-refractivity contribution in [1.82, 2.24) is 4.90 Å². The number of rotatable bonds is 3. The molecule has 15 heavy (non-hydrogen) atoms. The Morgan fingerprint density at radius 2 is 2.33 bits per heavy atom. The van der Waals surface area contributed by atoms with E-state index in [0.717, 1.165) is 13.1 Å². The Hall–Kier alpha value is -0.271. The predicted octanol–water partition coefficient (Wildman–Crippen LogP) is 0.860. The zero-order valence-electron chi connectivity index (χ0n) is 9.01. The van der Waals surface area contributed by atoms with Gasteiger partial charge in [-0.15, -0.1) is 0 Å². The zero-order chi connectivity index (χ0) is 10.7. The SMILES string of the molecule is CCN1C=C[Se]/C1=C\c1[se]cc[n+]1CC. The molecular formula is C11H15N2Se2+. The molecule has 4 heteroatoms. The fourth-order valence-corrected chi connectivity index (χ4v) is 5.45. The van der Waals surface area contributed by atoms with Crippen molar-refractivity contribution >= 4 is 35.5 Å². The van der Waals surface area contributed by atoms with E-state index >= 15 is 0 Å². The first kappa shape index (κ1) is 11.2. The second-order valence-corrected chi connectivity index (χ2v) is 7.09. The zero-order valence-corrected chi connectivity index (χ0v) is 12.4. The molecule has 0 saturated carbocycles. The van der Waals surface area contributed by atoms with Crippen LogP contribution in [0, 0.1) is 0 Å². The van der Waals surface area contributed by atoms with Gasteiger partial charge in [0, 0.05) is 0 Å². The summed E-state index contributed by atoms with van der Waals surface area (Å²) in [7, 11) is 0. The summed E-state index contributed by atoms with van der Waals surface area (Å²) in [5.74, 6) is 0. The predicted molar refractivity (Wildman–Crippen MR) is 64.5 cm³/mol. The van der Waals surface area contributed by atoms with Gasteiger partial charge in [-0.2, -0.15) is 0 Å². The Balaban J connectivity index is 2.23. The third-order valence-electron chi connectivity index (χ3n) is 2.35. The molecule has 0 amide bonds. The van der Waals surface area contributed by atoms with Gasteiger partial charge in [-0.25, -0.2) is 0 Å². The second-order valence-electron chi connectivity index (χ2n) is 3.20. The van der Waals surface area contributed by atoms with Crippen molar-refractivity contribution in [1.29, 1.82) is 0 Å². The minimum atomic E-state index is 0.543. The van der Waals surface area contributed by atoms with Gasteiger partial charge in [-0.3, -0.25) is 0 Å². The van der Waals surface area contributed by atoms with E-state index in [9.17, 15) is 0 Å². The van der Waals surface area contributed by atoms with Crippen LogP contribution >= 0.6 is 0 Å². The van der Waals surface area contributed by atoms with E-state index in [4.69, 9.17) is 0 Å². The summed E-state index contributed by atoms with van der Waals surface area (Å²) in [5, 5.41) is 0. The van der Waals surface area contributed by atoms with Crippen LogP contribution in [0.5, 0.6) is 0 Å². The number of aromatic nitrogens is 1. The van der Waals surface area contributed by atoms with E-state index in [1.165, 1.54) is 9.16 Å². The number of nitrogens with zero attached hydrogens (tertiary/aromatic N) is 2. The van der Waals surface area contributed by atoms with Crippen LogP contribution < -0.4 is 4.57 Å². The average Bonchev–Trinajstić information content (AvgIpc) is 2.87. The molecule has 80 valence electrons. The van der Waals surface area contributed by atoms with Gasteiger partial charge in [-0.1, -0.05) is 0 Å². The molecule has 0 N–H and O–H groups in total. The van der Waals surface area contributed by atoms with Gasteiger partial charge >= 0.3 is 103 Å². The van der Waals surface area contributed by atoms with E-state index in [-0.39, 0.29) is 0 Å². The van der Waals surface area contributed by atoms with Crippen molar-refractivity contribution in [3.8, 4) is 0 Å². The van der Waals surface area contributed by atoms with Gasteiger partial charge in [-0.05, 0) is 0 Å². The number of hydrogen-bond acceptors (Lipinski definition) is 1. The fourth-order valence-electron chi connectivity index (χ4n) is 1.49. The monoisotopic (exact) mass is 335 g/mol. The Morgan fingerprint density at radius 1 is 1.47 bits per heavy atom. The molecule has 0 bridgehead atoms. The van der Waals surface area contributed by atoms with Crippen LogP contribution in [-0.4, -0.2) is 40.9 Å². The van der Waals surface area contributed by atoms with Crippen LogP contribution in [-0.2, 0) is 6.54 Å². The summed E-state index contributed by atoms with van der Waals surface area (Å²) in [4.78, 5) is 6.96. The van der Waals surface area contributed by atoms with Crippen molar-refractivity contribution in [3.05, 3.63) is 31.5 Å². The van der Waals surface area contributed by atoms with Gasteiger partial charge in [0.1, 0.15) is 0 Å². The Kier molecular flexibility index (Phi) is 3.87. The van der Waals surface area contributed by atoms with Crippen LogP contribution in [0.4, 0.5) is 0 Å². The normalized spacial score (nSPS) is 18.0. The van der Waals surface area contributed by atoms with Gasteiger partial charge in [0.15, 0.2) is 0 Å². The molecule has 1 aliphatic rings. The quantitative estimate of drug-likeness (QED) is 0.588. The molecule has 0 atom stereocenters. The van der Waals surface area contributed by atoms with Crippen LogP contribution in [0.1, 0.15) is 18.4 Å². The molecular weight excluding hydrogens is 318 g/mol. The Bertz CT molecular complexity index is 393. The van der Waals surface area contributed by atoms with Crippen molar-refractivity contribution < 1.29 is 4.57 Å². The summed E-state index contributed by atoms with van der Waals surface area (Å²) < 4.78 is 5.36. The summed E-state index contributed by atoms with van der Waals surface area (Å²) >= 11 is 1.09. The summed E-state index contributed by atoms with van der Waals surface area (Å²) in [5.41, 5.74) is 0. The Labute approximate surface area is 103 Å². The van der Waals surface area contributed by atoms with Crippen molar-refractivity contribution in [2.45, 2.75) is 20.4 Å². The van der Waals surface area contributed by atoms with Gasteiger partial charge in [0.25, 0.3) is 0 Å². The van der Waals surface area contributed by atoms with E-state index in [0.29, 0.717) is 29.5 Å². The van der Waals surface area contributed by atoms with Gasteiger partial charge in [0.2, 0.25) is 0 Å². The van der Waals surface area contributed by atoms with Crippen molar-refractivity contribution in [3.63, 3.8) is 0 Å². The third-order valence-corrected chi connectivity index (χ3v) is 5.93. The fraction of sp³-hybridized carbons (Fsp3) is 0.364. The minimum absolute atomic E-state index is 0.543. The molecule has 0 aliphatic carbocycles. The third kappa shape index (κ3) is 2.46. The van der Waals surface area contributed by atoms with Gasteiger partial charge in [0.05, 0.1) is 0 Å². The van der Waals surface area contributed by atoms with Crippen LogP contribution in [0.15, 0.2) is 26.9 Å². The molecule has 1 aliphatic heterocycles. The van der Waals surface area contributed by atoms with Gasteiger partial charge < -0.3 is 0 Å². The molecule has 0 saturated heterocycles. The molecule has 1 aromatic rings. The Morgan fingerprint density at radius 3 is 3.07 bits per heavy atom. The molecule has 0 unspecified atom stereocenters. The second kappa shape index (κ2) is 5.18. The van der Waals surface area contributed by atoms with Crippen molar-refractivity contribution in [2.75, 3.05) is 6.54 Å². The summed E-state index contributed by atoms with van der Waals surface area (Å²) in [6.45, 7) is 6.59.